The highest BCUT2D eigenvalue weighted by atomic mass is 19.1. The minimum atomic E-state index is -0.575. The van der Waals surface area contributed by atoms with Crippen LogP contribution in [-0.4, -0.2) is 30.1 Å². The van der Waals surface area contributed by atoms with Crippen molar-refractivity contribution in [3.63, 3.8) is 0 Å². The summed E-state index contributed by atoms with van der Waals surface area (Å²) in [5.74, 6) is -0.947. The average Bonchev–Trinajstić information content (AvgIpc) is 2.85. The van der Waals surface area contributed by atoms with Crippen molar-refractivity contribution in [2.24, 2.45) is 0 Å². The van der Waals surface area contributed by atoms with Gasteiger partial charge in [0.25, 0.3) is 5.91 Å². The molecule has 1 atom stereocenters. The first-order chi connectivity index (χ1) is 8.66. The topological polar surface area (TPSA) is 77.2 Å². The van der Waals surface area contributed by atoms with E-state index in [9.17, 15) is 9.18 Å². The molecule has 0 bridgehead atoms. The van der Waals surface area contributed by atoms with Crippen molar-refractivity contribution in [2.75, 3.05) is 18.9 Å². The van der Waals surface area contributed by atoms with Gasteiger partial charge in [0.2, 0.25) is 0 Å². The molecule has 98 valence electrons. The van der Waals surface area contributed by atoms with Gasteiger partial charge in [0.15, 0.2) is 0 Å². The van der Waals surface area contributed by atoms with Crippen molar-refractivity contribution in [3.05, 3.63) is 23.6 Å². The third-order valence-electron chi connectivity index (χ3n) is 2.91. The lowest BCUT2D eigenvalue weighted by Gasteiger charge is -2.10. The second-order valence-electron chi connectivity index (χ2n) is 4.27. The Kier molecular flexibility index (Phi) is 4.09. The summed E-state index contributed by atoms with van der Waals surface area (Å²) in [5.41, 5.74) is 5.59. The van der Waals surface area contributed by atoms with E-state index in [1.165, 1.54) is 0 Å². The lowest BCUT2D eigenvalue weighted by atomic mass is 10.2. The number of halogens is 1. The first-order valence-electron chi connectivity index (χ1n) is 5.97. The molecule has 1 saturated heterocycles. The number of rotatable bonds is 4. The van der Waals surface area contributed by atoms with E-state index in [-0.39, 0.29) is 17.5 Å². The van der Waals surface area contributed by atoms with Crippen LogP contribution in [0.1, 0.15) is 29.6 Å². The van der Waals surface area contributed by atoms with Crippen LogP contribution in [0.5, 0.6) is 0 Å². The Morgan fingerprint density at radius 2 is 2.50 bits per heavy atom. The number of carbonyl (C=O) groups is 1. The summed E-state index contributed by atoms with van der Waals surface area (Å²) in [4.78, 5) is 15.4. The molecule has 1 aliphatic heterocycles. The number of nitrogens with two attached hydrogens (primary N) is 1. The van der Waals surface area contributed by atoms with Gasteiger partial charge in [-0.1, -0.05) is 0 Å². The first kappa shape index (κ1) is 12.8. The van der Waals surface area contributed by atoms with Crippen LogP contribution >= 0.6 is 0 Å². The fraction of sp³-hybridized carbons (Fsp3) is 0.500. The van der Waals surface area contributed by atoms with Crippen LogP contribution in [-0.2, 0) is 4.74 Å². The van der Waals surface area contributed by atoms with Gasteiger partial charge in [0, 0.05) is 13.2 Å². The van der Waals surface area contributed by atoms with Gasteiger partial charge in [-0.3, -0.25) is 4.79 Å². The van der Waals surface area contributed by atoms with Gasteiger partial charge in [-0.25, -0.2) is 9.37 Å². The number of ether oxygens (including phenoxy) is 1. The van der Waals surface area contributed by atoms with Crippen LogP contribution in [0.3, 0.4) is 0 Å². The number of anilines is 1. The Balaban J connectivity index is 1.85. The molecule has 1 amide bonds. The third kappa shape index (κ3) is 3.16. The van der Waals surface area contributed by atoms with Crippen molar-refractivity contribution in [3.8, 4) is 0 Å². The summed E-state index contributed by atoms with van der Waals surface area (Å²) in [6.07, 6.45) is 4.06. The molecule has 18 heavy (non-hydrogen) atoms. The number of nitrogen functional groups attached to an aromatic ring is 1. The van der Waals surface area contributed by atoms with Gasteiger partial charge < -0.3 is 15.8 Å². The normalized spacial score (nSPS) is 18.8. The Morgan fingerprint density at radius 1 is 1.67 bits per heavy atom. The summed E-state index contributed by atoms with van der Waals surface area (Å²) in [7, 11) is 0. The van der Waals surface area contributed by atoms with Gasteiger partial charge in [-0.15, -0.1) is 0 Å². The number of carbonyl (C=O) groups excluding carboxylic acids is 1. The largest absolute Gasteiger partial charge is 0.383 e. The quantitative estimate of drug-likeness (QED) is 0.842. The number of nitrogens with one attached hydrogen (secondary N) is 1. The predicted octanol–water partition coefficient (Wildman–Crippen LogP) is 1.10. The number of nitrogens with zero attached hydrogens (tertiary/aromatic N) is 1. The second-order valence-corrected chi connectivity index (χ2v) is 4.27. The summed E-state index contributed by atoms with van der Waals surface area (Å²) >= 11 is 0. The molecule has 0 spiro atoms. The van der Waals surface area contributed by atoms with Crippen molar-refractivity contribution >= 4 is 11.7 Å². The molecule has 3 N–H and O–H groups in total. The van der Waals surface area contributed by atoms with Crippen LogP contribution in [0.15, 0.2) is 12.3 Å². The number of pyridine rings is 1. The lowest BCUT2D eigenvalue weighted by Crippen LogP contribution is -2.28. The number of hydrogen-bond acceptors (Lipinski definition) is 4. The van der Waals surface area contributed by atoms with Crippen molar-refractivity contribution < 1.29 is 13.9 Å². The van der Waals surface area contributed by atoms with E-state index in [1.807, 2.05) is 0 Å². The molecular formula is C12H16FN3O2. The Bertz CT molecular complexity index is 433. The summed E-state index contributed by atoms with van der Waals surface area (Å²) in [6.45, 7) is 1.28. The molecule has 1 unspecified atom stereocenters. The molecule has 0 radical (unpaired) electrons. The monoisotopic (exact) mass is 253 g/mol. The molecule has 1 aromatic rings. The van der Waals surface area contributed by atoms with E-state index in [0.717, 1.165) is 38.1 Å². The summed E-state index contributed by atoms with van der Waals surface area (Å²) < 4.78 is 18.4. The van der Waals surface area contributed by atoms with Crippen molar-refractivity contribution in [1.82, 2.24) is 10.3 Å². The lowest BCUT2D eigenvalue weighted by molar-refractivity contribution is 0.0907. The number of aromatic nitrogens is 1. The zero-order valence-electron chi connectivity index (χ0n) is 9.99. The molecule has 1 fully saturated rings. The molecular weight excluding hydrogens is 237 g/mol. The van der Waals surface area contributed by atoms with Gasteiger partial charge in [-0.2, -0.15) is 0 Å². The standard InChI is InChI=1S/C12H16FN3O2/c13-8-6-10(11(14)16-7-8)12(17)15-4-3-9-2-1-5-18-9/h6-7,9H,1-5H2,(H2,14,16)(H,15,17). The molecule has 0 aliphatic carbocycles. The highest BCUT2D eigenvalue weighted by molar-refractivity contribution is 5.98. The average molecular weight is 253 g/mol. The van der Waals surface area contributed by atoms with Gasteiger partial charge in [0.05, 0.1) is 17.9 Å². The molecule has 6 heteroatoms. The molecule has 5 nitrogen and oxygen atoms in total. The highest BCUT2D eigenvalue weighted by Crippen LogP contribution is 2.15. The second kappa shape index (κ2) is 5.77. The van der Waals surface area contributed by atoms with E-state index < -0.39 is 11.7 Å². The van der Waals surface area contributed by atoms with E-state index in [2.05, 4.69) is 10.3 Å². The van der Waals surface area contributed by atoms with Gasteiger partial charge >= 0.3 is 0 Å². The number of hydrogen-bond donors (Lipinski definition) is 2. The Labute approximate surface area is 105 Å². The molecule has 1 aliphatic rings. The van der Waals surface area contributed by atoms with E-state index in [4.69, 9.17) is 10.5 Å². The van der Waals surface area contributed by atoms with Gasteiger partial charge in [0.1, 0.15) is 11.6 Å². The predicted molar refractivity (Wildman–Crippen MR) is 64.5 cm³/mol. The molecule has 0 aromatic carbocycles. The molecule has 2 heterocycles. The fourth-order valence-corrected chi connectivity index (χ4v) is 1.95. The molecule has 0 saturated carbocycles. The van der Waals surface area contributed by atoms with Gasteiger partial charge in [-0.05, 0) is 25.3 Å². The minimum Gasteiger partial charge on any atom is -0.383 e. The SMILES string of the molecule is Nc1ncc(F)cc1C(=O)NCCC1CCCO1. The Hall–Kier alpha value is -1.69. The Morgan fingerprint density at radius 3 is 3.22 bits per heavy atom. The van der Waals surface area contributed by atoms with Crippen LogP contribution in [0.4, 0.5) is 10.2 Å². The minimum absolute atomic E-state index is 0.0333. The van der Waals surface area contributed by atoms with Crippen LogP contribution in [0.25, 0.3) is 0 Å². The summed E-state index contributed by atoms with van der Waals surface area (Å²) in [5, 5.41) is 2.69. The third-order valence-corrected chi connectivity index (χ3v) is 2.91. The molecule has 1 aromatic heterocycles. The maximum Gasteiger partial charge on any atom is 0.255 e. The van der Waals surface area contributed by atoms with Crippen LogP contribution in [0, 0.1) is 5.82 Å². The highest BCUT2D eigenvalue weighted by Gasteiger charge is 2.16. The zero-order valence-corrected chi connectivity index (χ0v) is 9.99. The number of amides is 1. The fourth-order valence-electron chi connectivity index (χ4n) is 1.95. The smallest absolute Gasteiger partial charge is 0.255 e. The van der Waals surface area contributed by atoms with Crippen molar-refractivity contribution in [1.29, 1.82) is 0 Å². The maximum absolute atomic E-state index is 13.0. The molecule has 2 rings (SSSR count). The van der Waals surface area contributed by atoms with E-state index >= 15 is 0 Å². The van der Waals surface area contributed by atoms with E-state index in [0.29, 0.717) is 6.54 Å². The van der Waals surface area contributed by atoms with Crippen LogP contribution < -0.4 is 11.1 Å². The van der Waals surface area contributed by atoms with E-state index in [1.54, 1.807) is 0 Å². The maximum atomic E-state index is 13.0. The first-order valence-corrected chi connectivity index (χ1v) is 5.97. The zero-order chi connectivity index (χ0) is 13.0. The van der Waals surface area contributed by atoms with Crippen molar-refractivity contribution in [2.45, 2.75) is 25.4 Å². The van der Waals surface area contributed by atoms with Crippen LogP contribution in [0.2, 0.25) is 0 Å². The summed E-state index contributed by atoms with van der Waals surface area (Å²) in [6, 6.07) is 1.09.